The Balaban J connectivity index is 1.69. The summed E-state index contributed by atoms with van der Waals surface area (Å²) in [6.07, 6.45) is 11.6. The minimum Gasteiger partial charge on any atom is -0.299 e. The topological polar surface area (TPSA) is 17.1 Å². The largest absolute Gasteiger partial charge is 0.299 e. The summed E-state index contributed by atoms with van der Waals surface area (Å²) in [7, 11) is 0. The van der Waals surface area contributed by atoms with Crippen LogP contribution in [0.25, 0.3) is 0 Å². The van der Waals surface area contributed by atoms with E-state index < -0.39 is 0 Å². The predicted octanol–water partition coefficient (Wildman–Crippen LogP) is 5.13. The molecule has 0 N–H and O–H groups in total. The van der Waals surface area contributed by atoms with Gasteiger partial charge in [-0.2, -0.15) is 0 Å². The summed E-state index contributed by atoms with van der Waals surface area (Å²) in [6.45, 7) is 4.76. The molecule has 0 saturated heterocycles. The maximum atomic E-state index is 12.4. The molecule has 0 aromatic rings. The Labute approximate surface area is 133 Å². The van der Waals surface area contributed by atoms with E-state index in [-0.39, 0.29) is 5.41 Å². The van der Waals surface area contributed by atoms with Gasteiger partial charge in [-0.05, 0) is 68.1 Å². The van der Waals surface area contributed by atoms with Crippen LogP contribution in [0.5, 0.6) is 0 Å². The van der Waals surface area contributed by atoms with Crippen LogP contribution in [0, 0.1) is 28.6 Å². The number of rotatable bonds is 0. The van der Waals surface area contributed by atoms with Crippen LogP contribution in [-0.4, -0.2) is 11.2 Å². The second-order valence-electron chi connectivity index (χ2n) is 8.52. The highest BCUT2D eigenvalue weighted by molar-refractivity contribution is 6.20. The Kier molecular flexibility index (Phi) is 3.13. The number of carbonyl (C=O) groups excluding carboxylic acids is 1. The van der Waals surface area contributed by atoms with Gasteiger partial charge in [0.25, 0.3) is 0 Å². The maximum Gasteiger partial charge on any atom is 0.139 e. The monoisotopic (exact) mass is 306 g/mol. The molecule has 4 rings (SSSR count). The molecule has 6 atom stereocenters. The molecule has 0 aromatic heterocycles. The molecule has 4 aliphatic carbocycles. The first-order valence-corrected chi connectivity index (χ1v) is 9.26. The molecule has 4 aliphatic rings. The summed E-state index contributed by atoms with van der Waals surface area (Å²) < 4.78 is 0. The van der Waals surface area contributed by atoms with Gasteiger partial charge >= 0.3 is 0 Å². The number of hydrogen-bond donors (Lipinski definition) is 0. The molecule has 1 nitrogen and oxygen atoms in total. The first kappa shape index (κ1) is 14.3. The van der Waals surface area contributed by atoms with Crippen LogP contribution in [0.1, 0.15) is 65.2 Å². The van der Waals surface area contributed by atoms with Crippen molar-refractivity contribution in [2.45, 2.75) is 70.6 Å². The first-order valence-electron chi connectivity index (χ1n) is 8.82. The number of ketones is 1. The van der Waals surface area contributed by atoms with Crippen LogP contribution >= 0.6 is 11.6 Å². The Morgan fingerprint density at radius 3 is 2.62 bits per heavy atom. The number of halogens is 1. The third kappa shape index (κ3) is 1.85. The standard InChI is InChI=1S/C19H27ClO/c1-18-9-7-13(20)11-12(18)3-4-14-15-5-6-17(21)19(15,2)10-8-16(14)18/h3,13-16H,4-11H2,1-2H3/t13?,14-,15-,16+,18-,19-/m0/s1. The van der Waals surface area contributed by atoms with E-state index in [1.807, 2.05) is 0 Å². The summed E-state index contributed by atoms with van der Waals surface area (Å²) in [5.41, 5.74) is 2.02. The Morgan fingerprint density at radius 2 is 1.81 bits per heavy atom. The van der Waals surface area contributed by atoms with Crippen LogP contribution in [0.15, 0.2) is 11.6 Å². The zero-order valence-electron chi connectivity index (χ0n) is 13.3. The lowest BCUT2D eigenvalue weighted by atomic mass is 9.48. The van der Waals surface area contributed by atoms with Crippen molar-refractivity contribution >= 4 is 17.4 Å². The van der Waals surface area contributed by atoms with E-state index in [0.29, 0.717) is 22.5 Å². The van der Waals surface area contributed by atoms with Crippen LogP contribution in [0.2, 0.25) is 0 Å². The smallest absolute Gasteiger partial charge is 0.139 e. The van der Waals surface area contributed by atoms with Gasteiger partial charge in [-0.15, -0.1) is 11.6 Å². The van der Waals surface area contributed by atoms with Gasteiger partial charge in [0.1, 0.15) is 5.78 Å². The van der Waals surface area contributed by atoms with E-state index in [9.17, 15) is 4.79 Å². The van der Waals surface area contributed by atoms with Crippen LogP contribution in [0.3, 0.4) is 0 Å². The maximum absolute atomic E-state index is 12.4. The van der Waals surface area contributed by atoms with Crippen molar-refractivity contribution in [1.29, 1.82) is 0 Å². The molecule has 0 amide bonds. The number of alkyl halides is 1. The molecule has 2 heteroatoms. The van der Waals surface area contributed by atoms with E-state index in [1.54, 1.807) is 5.57 Å². The van der Waals surface area contributed by atoms with Crippen LogP contribution in [-0.2, 0) is 4.79 Å². The van der Waals surface area contributed by atoms with Gasteiger partial charge in [-0.3, -0.25) is 4.79 Å². The zero-order valence-corrected chi connectivity index (χ0v) is 14.1. The fraction of sp³-hybridized carbons (Fsp3) is 0.842. The van der Waals surface area contributed by atoms with E-state index >= 15 is 0 Å². The van der Waals surface area contributed by atoms with Crippen LogP contribution in [0.4, 0.5) is 0 Å². The molecule has 1 unspecified atom stereocenters. The molecule has 0 aromatic carbocycles. The second kappa shape index (κ2) is 4.60. The molecular formula is C19H27ClO. The van der Waals surface area contributed by atoms with Crippen LogP contribution < -0.4 is 0 Å². The lowest BCUT2D eigenvalue weighted by Crippen LogP contribution is -2.50. The fourth-order valence-corrected chi connectivity index (χ4v) is 6.66. The lowest BCUT2D eigenvalue weighted by molar-refractivity contribution is -0.131. The first-order chi connectivity index (χ1) is 9.95. The fourth-order valence-electron chi connectivity index (χ4n) is 6.39. The van der Waals surface area contributed by atoms with Gasteiger partial charge in [-0.1, -0.05) is 25.5 Å². The summed E-state index contributed by atoms with van der Waals surface area (Å²) >= 11 is 6.42. The average Bonchev–Trinajstić information content (AvgIpc) is 2.76. The predicted molar refractivity (Wildman–Crippen MR) is 86.4 cm³/mol. The normalized spacial score (nSPS) is 52.7. The van der Waals surface area contributed by atoms with E-state index in [0.717, 1.165) is 37.5 Å². The number of fused-ring (bicyclic) bond motifs is 5. The number of carbonyl (C=O) groups is 1. The molecule has 0 spiro atoms. The Morgan fingerprint density at radius 1 is 1.10 bits per heavy atom. The molecule has 3 saturated carbocycles. The van der Waals surface area contributed by atoms with Crippen molar-refractivity contribution in [3.05, 3.63) is 11.6 Å². The highest BCUT2D eigenvalue weighted by Crippen LogP contribution is 2.64. The van der Waals surface area contributed by atoms with Gasteiger partial charge in [0.15, 0.2) is 0 Å². The van der Waals surface area contributed by atoms with Crippen molar-refractivity contribution in [1.82, 2.24) is 0 Å². The summed E-state index contributed by atoms with van der Waals surface area (Å²) in [4.78, 5) is 12.4. The van der Waals surface area contributed by atoms with E-state index in [4.69, 9.17) is 11.6 Å². The molecule has 0 heterocycles. The highest BCUT2D eigenvalue weighted by atomic mass is 35.5. The van der Waals surface area contributed by atoms with Crippen molar-refractivity contribution in [3.8, 4) is 0 Å². The molecule has 21 heavy (non-hydrogen) atoms. The Bertz CT molecular complexity index is 510. The van der Waals surface area contributed by atoms with E-state index in [1.165, 1.54) is 25.7 Å². The minimum atomic E-state index is 0.00650. The third-order valence-corrected chi connectivity index (χ3v) is 8.13. The summed E-state index contributed by atoms with van der Waals surface area (Å²) in [5, 5.41) is 0.350. The quantitative estimate of drug-likeness (QED) is 0.448. The molecule has 3 fully saturated rings. The van der Waals surface area contributed by atoms with Crippen molar-refractivity contribution in [3.63, 3.8) is 0 Å². The highest BCUT2D eigenvalue weighted by Gasteiger charge is 2.58. The number of allylic oxidation sites excluding steroid dienone is 2. The average molecular weight is 307 g/mol. The van der Waals surface area contributed by atoms with Gasteiger partial charge in [-0.25, -0.2) is 0 Å². The summed E-state index contributed by atoms with van der Waals surface area (Å²) in [6, 6.07) is 0. The van der Waals surface area contributed by atoms with Gasteiger partial charge in [0.2, 0.25) is 0 Å². The molecule has 116 valence electrons. The third-order valence-electron chi connectivity index (χ3n) is 7.75. The zero-order chi connectivity index (χ0) is 14.8. The second-order valence-corrected chi connectivity index (χ2v) is 9.13. The molecular weight excluding hydrogens is 280 g/mol. The SMILES string of the molecule is C[C@]12CCC(Cl)CC1=CC[C@@H]1[C@H]2CC[C@]2(C)C(=O)CC[C@@H]12. The van der Waals surface area contributed by atoms with Gasteiger partial charge in [0, 0.05) is 17.2 Å². The molecule has 0 aliphatic heterocycles. The number of Topliss-reactive ketones (excluding diaryl/α,β-unsaturated/α-hetero) is 1. The minimum absolute atomic E-state index is 0.00650. The Hall–Kier alpha value is -0.300. The van der Waals surface area contributed by atoms with Gasteiger partial charge < -0.3 is 0 Å². The lowest BCUT2D eigenvalue weighted by Gasteiger charge is -2.56. The number of hydrogen-bond acceptors (Lipinski definition) is 1. The molecule has 0 bridgehead atoms. The van der Waals surface area contributed by atoms with Crippen molar-refractivity contribution < 1.29 is 4.79 Å². The summed E-state index contributed by atoms with van der Waals surface area (Å²) in [5.74, 6) is 2.74. The van der Waals surface area contributed by atoms with Crippen molar-refractivity contribution in [2.75, 3.05) is 0 Å². The molecule has 0 radical (unpaired) electrons. The van der Waals surface area contributed by atoms with Crippen molar-refractivity contribution in [2.24, 2.45) is 28.6 Å². The van der Waals surface area contributed by atoms with E-state index in [2.05, 4.69) is 19.9 Å². The van der Waals surface area contributed by atoms with Gasteiger partial charge in [0.05, 0.1) is 0 Å².